The van der Waals surface area contributed by atoms with Crippen molar-refractivity contribution in [3.05, 3.63) is 243 Å². The Morgan fingerprint density at radius 1 is 0.294 bits per heavy atom. The van der Waals surface area contributed by atoms with E-state index in [0.717, 1.165) is 27.0 Å². The number of phenolic OH excluding ortho intramolecular Hbond substituents is 2. The standard InChI is InChI=1S/C10H11IO5S.2C9H8BrIO5S.2C9H8ClIO5S.C9H10INO5S.2C9H9IO6S/c1-7-6-8(2-3-9(7)11)10(12)16-4-5-17(13,14)15;10-7-3-6(4-8(11)5-7)9(12)16-1-2-17(13,14)15;2*10-8-2-1-6(11)5-7(8)9(12)16-3-4-17(13,14)15;10-8-5-6(11)1-2-7(8)9(12)16-3-4-17(13,14)15;10-7-5-6(1-2-8(7)11)9(12)16-3-4-17(13,14)15;10-6-1-2-8(11)7(5-6)9(12)16-3-4-17(13,14)15;10-6-1-2-7(8(11)5-6)9(12)16-3-4-17(13,14)15/h2-3,6H,4-5H2,1H3,(H,13,14,15);3-5H,1-2H2,(H,13,14,15);3*1-2,5H,3-4H2,(H,13,14,15);1-2,5H,3-4,11H2,(H,13,14,15);2*1-2,5,11H,3-4H2,(H,13,14,15)/p-8. The van der Waals surface area contributed by atoms with Crippen LogP contribution in [0.5, 0.6) is 11.5 Å². The van der Waals surface area contributed by atoms with Crippen LogP contribution in [0.3, 0.4) is 0 Å². The number of nitrogen functional groups attached to an aromatic ring is 1. The molecule has 63 heteroatoms. The lowest BCUT2D eigenvalue weighted by Crippen LogP contribution is -2.15. The minimum absolute atomic E-state index is 0.0693. The van der Waals surface area contributed by atoms with Gasteiger partial charge in [-0.3, -0.25) is 0 Å². The molecule has 0 unspecified atom stereocenters. The predicted octanol–water partition coefficient (Wildman–Crippen LogP) is 10.1. The number of aromatic hydroxyl groups is 2. The summed E-state index contributed by atoms with van der Waals surface area (Å²) in [4.78, 5) is 91.7. The second kappa shape index (κ2) is 62.3. The molecule has 136 heavy (non-hydrogen) atoms. The number of nitrogens with two attached hydrogens (primary N) is 1. The fraction of sp³-hybridized carbons (Fsp3) is 0.233. The molecule has 0 aliphatic heterocycles. The molecule has 8 aromatic rings. The Bertz CT molecular complexity index is 6120. The van der Waals surface area contributed by atoms with Crippen molar-refractivity contribution in [1.82, 2.24) is 0 Å². The molecular weight excluding hydrogens is 3070 g/mol. The lowest BCUT2D eigenvalue weighted by Gasteiger charge is -2.08. The van der Waals surface area contributed by atoms with Crippen LogP contribution in [0.4, 0.5) is 5.69 Å². The van der Waals surface area contributed by atoms with Crippen LogP contribution in [0.1, 0.15) is 88.4 Å². The highest BCUT2D eigenvalue weighted by Gasteiger charge is 2.20. The van der Waals surface area contributed by atoms with Crippen LogP contribution in [-0.4, -0.2) is 261 Å². The maximum absolute atomic E-state index is 11.6. The van der Waals surface area contributed by atoms with Crippen molar-refractivity contribution in [3.63, 3.8) is 0 Å². The Hall–Kier alpha value is -4.42. The van der Waals surface area contributed by atoms with E-state index in [4.69, 9.17) is 28.9 Å². The topological polar surface area (TPSA) is 734 Å². The van der Waals surface area contributed by atoms with Gasteiger partial charge in [0.25, 0.3) is 0 Å². The van der Waals surface area contributed by atoms with Crippen LogP contribution in [0.2, 0.25) is 10.0 Å². The number of rotatable bonds is 32. The van der Waals surface area contributed by atoms with Gasteiger partial charge in [-0.2, -0.15) is 0 Å². The van der Waals surface area contributed by atoms with Gasteiger partial charge in [0.15, 0.2) is 0 Å². The molecule has 0 bridgehead atoms. The van der Waals surface area contributed by atoms with Gasteiger partial charge in [-0.25, -0.2) is 106 Å². The predicted molar refractivity (Wildman–Crippen MR) is 550 cm³/mol. The minimum atomic E-state index is -4.41. The van der Waals surface area contributed by atoms with E-state index >= 15 is 0 Å². The lowest BCUT2D eigenvalue weighted by molar-refractivity contribution is 0.0514. The maximum atomic E-state index is 11.6. The maximum Gasteiger partial charge on any atom is 0.341 e. The first-order valence-corrected chi connectivity index (χ1v) is 58.9. The summed E-state index contributed by atoms with van der Waals surface area (Å²) in [5.41, 5.74) is 8.34. The Balaban J connectivity index is 0.000000777. The van der Waals surface area contributed by atoms with E-state index in [2.05, 4.69) is 92.3 Å². The summed E-state index contributed by atoms with van der Waals surface area (Å²) in [5.74, 6) is -12.4. The van der Waals surface area contributed by atoms with Crippen molar-refractivity contribution in [2.24, 2.45) is 0 Å². The van der Waals surface area contributed by atoms with Crippen LogP contribution in [0, 0.1) is 35.5 Å². The number of carbonyl (C=O) groups is 8. The van der Waals surface area contributed by atoms with Gasteiger partial charge in [0.1, 0.15) is 75.5 Å². The van der Waals surface area contributed by atoms with Crippen molar-refractivity contribution in [1.29, 1.82) is 0 Å². The van der Waals surface area contributed by atoms with Gasteiger partial charge in [-0.05, 0) is 355 Å². The normalized spacial score (nSPS) is 11.2. The van der Waals surface area contributed by atoms with Crippen LogP contribution in [0.15, 0.2) is 155 Å². The van der Waals surface area contributed by atoms with Gasteiger partial charge in [0, 0.05) is 43.2 Å². The molecule has 8 aromatic carbocycles. The van der Waals surface area contributed by atoms with Crippen molar-refractivity contribution in [2.75, 3.05) is 105 Å². The number of anilines is 1. The third-order valence-corrected chi connectivity index (χ3v) is 27.3. The number of halogens is 12. The third-order valence-electron chi connectivity index (χ3n) is 14.1. The number of aryl methyl sites for hydroxylation is 1. The first kappa shape index (κ1) is 130. The van der Waals surface area contributed by atoms with Crippen molar-refractivity contribution in [2.45, 2.75) is 6.92 Å². The molecule has 0 amide bonds. The number of benzene rings is 8. The van der Waals surface area contributed by atoms with Gasteiger partial charge in [0.2, 0.25) is 0 Å². The lowest BCUT2D eigenvalue weighted by atomic mass is 10.1. The quantitative estimate of drug-likeness (QED) is 0.0116. The molecule has 0 radical (unpaired) electrons. The van der Waals surface area contributed by atoms with E-state index in [1.165, 1.54) is 54.6 Å². The first-order valence-electron chi connectivity index (χ1n) is 35.3. The molecule has 0 aromatic heterocycles. The third kappa shape index (κ3) is 61.5. The summed E-state index contributed by atoms with van der Waals surface area (Å²) < 4.78 is 292. The zero-order chi connectivity index (χ0) is 104. The monoisotopic (exact) mass is 3120 g/mol. The molecule has 0 heterocycles. The second-order valence-corrected chi connectivity index (χ2v) is 49.3. The molecule has 752 valence electrons. The fourth-order valence-corrected chi connectivity index (χ4v) is 16.2. The molecule has 0 aliphatic carbocycles. The van der Waals surface area contributed by atoms with E-state index < -0.39 is 228 Å². The van der Waals surface area contributed by atoms with Gasteiger partial charge in [0.05, 0.1) is 170 Å². The summed E-state index contributed by atoms with van der Waals surface area (Å²) >= 11 is 34.0. The van der Waals surface area contributed by atoms with Crippen molar-refractivity contribution in [3.8, 4) is 11.5 Å². The van der Waals surface area contributed by atoms with Crippen molar-refractivity contribution < 1.29 is 190 Å². The Morgan fingerprint density at radius 2 is 0.596 bits per heavy atom. The van der Waals surface area contributed by atoms with E-state index in [1.807, 2.05) is 165 Å². The Kier molecular flexibility index (Phi) is 59.4. The SMILES string of the molecule is Cc1cc(C(=O)OCCS(=O)(=O)[O-])ccc1I.Nc1ccc(C(=O)OCCS(=O)(=O)[O-])cc1I.O=C(OCCS(=O)(=O)[O-])c1cc(Br)cc(I)c1.O=C(OCCS(=O)(=O)[O-])c1cc(I)ccc1Br.O=C(OCCS(=O)(=O)[O-])c1cc(I)ccc1Cl.O=C(OCCS(=O)(=O)[O-])c1cc(I)ccc1O.O=C(OCCS(=O)(=O)[O-])c1ccc(I)cc1Cl.O=C(OCCS(=O)(=O)[O-])c1ccc(I)cc1O. The van der Waals surface area contributed by atoms with E-state index in [1.54, 1.807) is 91.0 Å². The molecule has 0 fully saturated rings. The van der Waals surface area contributed by atoms with E-state index in [-0.39, 0.29) is 49.4 Å². The molecular formula is C73H63Br2Cl2I8NO42S8-8. The Labute approximate surface area is 914 Å². The summed E-state index contributed by atoms with van der Waals surface area (Å²) in [6.07, 6.45) is 0. The van der Waals surface area contributed by atoms with E-state index in [9.17, 15) is 152 Å². The van der Waals surface area contributed by atoms with Crippen LogP contribution in [0.25, 0.3) is 0 Å². The number of hydrogen-bond acceptors (Lipinski definition) is 43. The zero-order valence-corrected chi connectivity index (χ0v) is 96.2. The van der Waals surface area contributed by atoms with Gasteiger partial charge < -0.3 is 90.3 Å². The average molecular weight is 3130 g/mol. The van der Waals surface area contributed by atoms with Crippen LogP contribution < -0.4 is 5.73 Å². The fourth-order valence-electron chi connectivity index (χ4n) is 7.94. The van der Waals surface area contributed by atoms with E-state index in [0.29, 0.717) is 38.5 Å². The number of esters is 8. The number of hydrogen-bond donors (Lipinski definition) is 3. The molecule has 4 N–H and O–H groups in total. The molecule has 43 nitrogen and oxygen atoms in total. The van der Waals surface area contributed by atoms with Crippen LogP contribution in [-0.2, 0) is 119 Å². The highest BCUT2D eigenvalue weighted by Crippen LogP contribution is 2.27. The summed E-state index contributed by atoms with van der Waals surface area (Å²) in [6, 6.07) is 37.6. The van der Waals surface area contributed by atoms with Gasteiger partial charge in [-0.1, -0.05) is 39.1 Å². The molecule has 0 spiro atoms. The first-order chi connectivity index (χ1) is 62.3. The van der Waals surface area contributed by atoms with Gasteiger partial charge in [-0.15, -0.1) is 0 Å². The largest absolute Gasteiger partial charge is 0.748 e. The van der Waals surface area contributed by atoms with Gasteiger partial charge >= 0.3 is 47.8 Å². The summed E-state index contributed by atoms with van der Waals surface area (Å²) in [6.45, 7) is -1.93. The molecule has 0 aliphatic rings. The summed E-state index contributed by atoms with van der Waals surface area (Å²) in [5, 5.41) is 19.2. The summed E-state index contributed by atoms with van der Waals surface area (Å²) in [7, 11) is -35.0. The highest BCUT2D eigenvalue weighted by molar-refractivity contribution is 14.1. The minimum Gasteiger partial charge on any atom is -0.748 e. The molecule has 8 rings (SSSR count). The molecule has 0 atom stereocenters. The van der Waals surface area contributed by atoms with Crippen molar-refractivity contribution >= 4 is 370 Å². The van der Waals surface area contributed by atoms with Crippen LogP contribution >= 0.6 is 236 Å². The zero-order valence-electron chi connectivity index (χ0n) is 67.8. The average Bonchev–Trinajstić information content (AvgIpc) is 0.868. The highest BCUT2D eigenvalue weighted by atomic mass is 127. The number of phenols is 2. The Morgan fingerprint density at radius 3 is 0.971 bits per heavy atom. The smallest absolute Gasteiger partial charge is 0.341 e. The molecule has 0 saturated carbocycles. The number of ether oxygens (including phenoxy) is 8. The molecule has 0 saturated heterocycles. The number of carbonyl (C=O) groups excluding carboxylic acids is 8. The second-order valence-electron chi connectivity index (χ2n) is 24.7.